The third-order valence-corrected chi connectivity index (χ3v) is 3.19. The number of carbonyl (C=O) groups is 1. The first-order valence-electron chi connectivity index (χ1n) is 5.85. The fraction of sp³-hybridized carbons (Fsp3) is 0.583. The minimum Gasteiger partial charge on any atom is -0.467 e. The van der Waals surface area contributed by atoms with Crippen LogP contribution in [0.3, 0.4) is 0 Å². The molecule has 94 valence electrons. The number of hydrogen-bond donors (Lipinski definition) is 1. The molecule has 0 bridgehead atoms. The highest BCUT2D eigenvalue weighted by Gasteiger charge is 2.32. The van der Waals surface area contributed by atoms with Crippen LogP contribution in [0.2, 0.25) is 0 Å². The van der Waals surface area contributed by atoms with Crippen molar-refractivity contribution in [2.24, 2.45) is 5.92 Å². The predicted octanol–water partition coefficient (Wildman–Crippen LogP) is 2.32. The normalized spacial score (nSPS) is 24.7. The zero-order valence-electron chi connectivity index (χ0n) is 10.2. The van der Waals surface area contributed by atoms with Gasteiger partial charge in [-0.05, 0) is 30.9 Å². The molecular weight excluding hydrogens is 220 g/mol. The highest BCUT2D eigenvalue weighted by Crippen LogP contribution is 2.34. The van der Waals surface area contributed by atoms with Crippen molar-refractivity contribution >= 4 is 6.03 Å². The molecule has 5 nitrogen and oxygen atoms in total. The highest BCUT2D eigenvalue weighted by atomic mass is 16.6. The quantitative estimate of drug-likeness (QED) is 0.804. The van der Waals surface area contributed by atoms with E-state index in [-0.39, 0.29) is 12.1 Å². The number of nitrogens with one attached hydrogen (secondary N) is 1. The minimum atomic E-state index is -0.208. The van der Waals surface area contributed by atoms with Gasteiger partial charge in [0.15, 0.2) is 0 Å². The molecule has 2 amide bonds. The van der Waals surface area contributed by atoms with Gasteiger partial charge in [-0.1, -0.05) is 6.92 Å². The first-order chi connectivity index (χ1) is 8.22. The van der Waals surface area contributed by atoms with Crippen molar-refractivity contribution < 1.29 is 14.0 Å². The van der Waals surface area contributed by atoms with Crippen LogP contribution in [0.1, 0.15) is 31.6 Å². The molecule has 2 rings (SSSR count). The number of hydroxylamine groups is 1. The average molecular weight is 238 g/mol. The van der Waals surface area contributed by atoms with Crippen molar-refractivity contribution in [3.63, 3.8) is 0 Å². The van der Waals surface area contributed by atoms with E-state index in [2.05, 4.69) is 17.2 Å². The minimum absolute atomic E-state index is 0.00361. The smallest absolute Gasteiger partial charge is 0.341 e. The Bertz CT molecular complexity index is 364. The Hall–Kier alpha value is -1.49. The number of likely N-dealkylation sites (tertiary alicyclic amines) is 1. The standard InChI is InChI=1S/C12H18N2O3/c1-9-5-6-14(12(15)13-16-2)10(8-9)11-4-3-7-17-11/h3-4,7,9-10H,5-6,8H2,1-2H3,(H,13,15)/t9-,10+/m1/s1. The topological polar surface area (TPSA) is 54.7 Å². The van der Waals surface area contributed by atoms with Crippen LogP contribution in [-0.2, 0) is 4.84 Å². The third-order valence-electron chi connectivity index (χ3n) is 3.19. The van der Waals surface area contributed by atoms with Crippen LogP contribution in [0, 0.1) is 5.92 Å². The van der Waals surface area contributed by atoms with Crippen molar-refractivity contribution in [2.75, 3.05) is 13.7 Å². The Balaban J connectivity index is 2.14. The number of furan rings is 1. The monoisotopic (exact) mass is 238 g/mol. The maximum atomic E-state index is 11.9. The Morgan fingerprint density at radius 1 is 1.65 bits per heavy atom. The maximum Gasteiger partial charge on any atom is 0.341 e. The second kappa shape index (κ2) is 5.23. The van der Waals surface area contributed by atoms with E-state index < -0.39 is 0 Å². The van der Waals surface area contributed by atoms with Gasteiger partial charge in [-0.15, -0.1) is 0 Å². The van der Waals surface area contributed by atoms with Gasteiger partial charge in [0.1, 0.15) is 5.76 Å². The molecule has 0 aromatic carbocycles. The number of amides is 2. The third kappa shape index (κ3) is 2.61. The Morgan fingerprint density at radius 2 is 2.47 bits per heavy atom. The van der Waals surface area contributed by atoms with E-state index >= 15 is 0 Å². The van der Waals surface area contributed by atoms with Crippen LogP contribution in [-0.4, -0.2) is 24.6 Å². The number of hydrogen-bond acceptors (Lipinski definition) is 3. The van der Waals surface area contributed by atoms with Crippen molar-refractivity contribution in [1.82, 2.24) is 10.4 Å². The summed E-state index contributed by atoms with van der Waals surface area (Å²) < 4.78 is 5.42. The van der Waals surface area contributed by atoms with Crippen LogP contribution in [0.5, 0.6) is 0 Å². The fourth-order valence-electron chi connectivity index (χ4n) is 2.28. The lowest BCUT2D eigenvalue weighted by atomic mass is 9.91. The molecule has 1 fully saturated rings. The van der Waals surface area contributed by atoms with Gasteiger partial charge in [0.25, 0.3) is 0 Å². The van der Waals surface area contributed by atoms with E-state index in [0.29, 0.717) is 5.92 Å². The van der Waals surface area contributed by atoms with E-state index in [1.165, 1.54) is 7.11 Å². The second-order valence-corrected chi connectivity index (χ2v) is 4.47. The average Bonchev–Trinajstić information content (AvgIpc) is 2.82. The van der Waals surface area contributed by atoms with Gasteiger partial charge in [0.2, 0.25) is 0 Å². The molecule has 0 unspecified atom stereocenters. The summed E-state index contributed by atoms with van der Waals surface area (Å²) in [6.07, 6.45) is 3.57. The van der Waals surface area contributed by atoms with Crippen molar-refractivity contribution in [1.29, 1.82) is 0 Å². The SMILES string of the molecule is CONC(=O)N1CC[C@@H](C)C[C@H]1c1ccco1. The molecule has 0 radical (unpaired) electrons. The number of rotatable bonds is 2. The van der Waals surface area contributed by atoms with Crippen molar-refractivity contribution in [2.45, 2.75) is 25.8 Å². The summed E-state index contributed by atoms with van der Waals surface area (Å²) in [5.41, 5.74) is 2.37. The largest absolute Gasteiger partial charge is 0.467 e. The molecule has 0 aliphatic carbocycles. The zero-order valence-corrected chi connectivity index (χ0v) is 10.2. The molecule has 1 N–H and O–H groups in total. The van der Waals surface area contributed by atoms with Gasteiger partial charge in [0, 0.05) is 6.54 Å². The molecule has 2 heterocycles. The number of nitrogens with zero attached hydrogens (tertiary/aromatic N) is 1. The van der Waals surface area contributed by atoms with Crippen molar-refractivity contribution in [3.05, 3.63) is 24.2 Å². The summed E-state index contributed by atoms with van der Waals surface area (Å²) in [7, 11) is 1.44. The molecule has 1 aliphatic heterocycles. The highest BCUT2D eigenvalue weighted by molar-refractivity contribution is 5.73. The molecule has 17 heavy (non-hydrogen) atoms. The first-order valence-corrected chi connectivity index (χ1v) is 5.85. The molecule has 1 aliphatic rings. The van der Waals surface area contributed by atoms with Gasteiger partial charge < -0.3 is 9.32 Å². The molecule has 1 aromatic heterocycles. The number of carbonyl (C=O) groups excluding carboxylic acids is 1. The summed E-state index contributed by atoms with van der Waals surface area (Å²) in [5, 5.41) is 0. The molecule has 0 saturated carbocycles. The van der Waals surface area contributed by atoms with Gasteiger partial charge in [-0.2, -0.15) is 0 Å². The van der Waals surface area contributed by atoms with Gasteiger partial charge in [0.05, 0.1) is 19.4 Å². The van der Waals surface area contributed by atoms with Crippen LogP contribution in [0.4, 0.5) is 4.79 Å². The summed E-state index contributed by atoms with van der Waals surface area (Å²) >= 11 is 0. The Morgan fingerprint density at radius 3 is 3.12 bits per heavy atom. The lowest BCUT2D eigenvalue weighted by molar-refractivity contribution is 0.0594. The molecule has 1 aromatic rings. The number of piperidine rings is 1. The fourth-order valence-corrected chi connectivity index (χ4v) is 2.28. The number of urea groups is 1. The Labute approximate surface area is 101 Å². The molecule has 1 saturated heterocycles. The lowest BCUT2D eigenvalue weighted by Crippen LogP contribution is -2.45. The summed E-state index contributed by atoms with van der Waals surface area (Å²) in [5.74, 6) is 1.43. The predicted molar refractivity (Wildman–Crippen MR) is 62.1 cm³/mol. The molecule has 0 spiro atoms. The summed E-state index contributed by atoms with van der Waals surface area (Å²) in [4.78, 5) is 18.3. The second-order valence-electron chi connectivity index (χ2n) is 4.47. The summed E-state index contributed by atoms with van der Waals surface area (Å²) in [6.45, 7) is 2.92. The molecule has 5 heteroatoms. The molecule has 2 atom stereocenters. The van der Waals surface area contributed by atoms with Crippen LogP contribution in [0.25, 0.3) is 0 Å². The van der Waals surface area contributed by atoms with Gasteiger partial charge in [-0.25, -0.2) is 10.3 Å². The Kier molecular flexibility index (Phi) is 3.68. The van der Waals surface area contributed by atoms with Gasteiger partial charge >= 0.3 is 6.03 Å². The van der Waals surface area contributed by atoms with E-state index in [1.807, 2.05) is 12.1 Å². The van der Waals surface area contributed by atoms with Crippen LogP contribution >= 0.6 is 0 Å². The van der Waals surface area contributed by atoms with E-state index in [9.17, 15) is 4.79 Å². The first kappa shape index (κ1) is 12.0. The maximum absolute atomic E-state index is 11.9. The molecular formula is C12H18N2O3. The zero-order chi connectivity index (χ0) is 12.3. The summed E-state index contributed by atoms with van der Waals surface area (Å²) in [6, 6.07) is 3.56. The van der Waals surface area contributed by atoms with E-state index in [1.54, 1.807) is 11.2 Å². The van der Waals surface area contributed by atoms with Gasteiger partial charge in [-0.3, -0.25) is 4.84 Å². The van der Waals surface area contributed by atoms with E-state index in [0.717, 1.165) is 25.1 Å². The lowest BCUT2D eigenvalue weighted by Gasteiger charge is -2.36. The van der Waals surface area contributed by atoms with Crippen LogP contribution in [0.15, 0.2) is 22.8 Å². The van der Waals surface area contributed by atoms with Crippen molar-refractivity contribution in [3.8, 4) is 0 Å². The van der Waals surface area contributed by atoms with E-state index in [4.69, 9.17) is 4.42 Å². The van der Waals surface area contributed by atoms with Crippen LogP contribution < -0.4 is 5.48 Å².